The molecule has 2 amide bonds. The molecule has 1 aromatic rings. The van der Waals surface area contributed by atoms with Gasteiger partial charge in [-0.05, 0) is 51.0 Å². The lowest BCUT2D eigenvalue weighted by Crippen LogP contribution is -2.40. The van der Waals surface area contributed by atoms with Crippen LogP contribution in [0.25, 0.3) is 0 Å². The minimum atomic E-state index is -0.629. The summed E-state index contributed by atoms with van der Waals surface area (Å²) in [4.78, 5) is 25.6. The van der Waals surface area contributed by atoms with Gasteiger partial charge in [0.05, 0.1) is 12.8 Å². The molecule has 0 aliphatic heterocycles. The third kappa shape index (κ3) is 7.26. The number of amides is 2. The van der Waals surface area contributed by atoms with Crippen molar-refractivity contribution in [3.63, 3.8) is 0 Å². The smallest absolute Gasteiger partial charge is 0.309 e. The molecular formula is C16H27N3O3. The molecule has 1 rings (SSSR count). The van der Waals surface area contributed by atoms with Gasteiger partial charge in [-0.3, -0.25) is 9.59 Å². The van der Waals surface area contributed by atoms with Crippen LogP contribution < -0.4 is 10.6 Å². The maximum absolute atomic E-state index is 11.6. The van der Waals surface area contributed by atoms with Gasteiger partial charge in [-0.25, -0.2) is 0 Å². The molecule has 6 nitrogen and oxygen atoms in total. The first-order valence-corrected chi connectivity index (χ1v) is 7.98. The van der Waals surface area contributed by atoms with E-state index in [2.05, 4.69) is 29.4 Å². The van der Waals surface area contributed by atoms with Crippen molar-refractivity contribution in [2.75, 3.05) is 26.2 Å². The van der Waals surface area contributed by atoms with Gasteiger partial charge in [0.2, 0.25) is 0 Å². The highest BCUT2D eigenvalue weighted by atomic mass is 16.3. The topological polar surface area (TPSA) is 74.6 Å². The molecule has 0 aliphatic carbocycles. The second-order valence-electron chi connectivity index (χ2n) is 5.21. The predicted octanol–water partition coefficient (Wildman–Crippen LogP) is 1.52. The third-order valence-electron chi connectivity index (χ3n) is 3.23. The molecule has 0 aromatic carbocycles. The van der Waals surface area contributed by atoms with Gasteiger partial charge < -0.3 is 20.0 Å². The van der Waals surface area contributed by atoms with Gasteiger partial charge in [-0.2, -0.15) is 0 Å². The van der Waals surface area contributed by atoms with E-state index < -0.39 is 11.8 Å². The number of carbonyl (C=O) groups is 2. The summed E-state index contributed by atoms with van der Waals surface area (Å²) in [5.74, 6) is -0.601. The van der Waals surface area contributed by atoms with Crippen LogP contribution in [0.15, 0.2) is 22.8 Å². The second-order valence-corrected chi connectivity index (χ2v) is 5.21. The highest BCUT2D eigenvalue weighted by molar-refractivity contribution is 6.35. The molecular weight excluding hydrogens is 282 g/mol. The molecule has 0 spiro atoms. The van der Waals surface area contributed by atoms with Crippen LogP contribution in [0.5, 0.6) is 0 Å². The van der Waals surface area contributed by atoms with E-state index in [9.17, 15) is 9.59 Å². The van der Waals surface area contributed by atoms with E-state index in [0.717, 1.165) is 38.9 Å². The highest BCUT2D eigenvalue weighted by Gasteiger charge is 2.12. The van der Waals surface area contributed by atoms with Crippen LogP contribution in [0.2, 0.25) is 0 Å². The summed E-state index contributed by atoms with van der Waals surface area (Å²) in [5.41, 5.74) is 0. The summed E-state index contributed by atoms with van der Waals surface area (Å²) >= 11 is 0. The average molecular weight is 309 g/mol. The fourth-order valence-corrected chi connectivity index (χ4v) is 2.21. The Balaban J connectivity index is 2.14. The Hall–Kier alpha value is -1.82. The van der Waals surface area contributed by atoms with E-state index >= 15 is 0 Å². The molecule has 0 saturated carbocycles. The molecule has 0 radical (unpaired) electrons. The van der Waals surface area contributed by atoms with Crippen molar-refractivity contribution in [1.82, 2.24) is 15.5 Å². The van der Waals surface area contributed by atoms with Crippen molar-refractivity contribution in [2.24, 2.45) is 0 Å². The number of carbonyl (C=O) groups excluding carboxylic acids is 2. The first-order valence-electron chi connectivity index (χ1n) is 7.98. The van der Waals surface area contributed by atoms with Crippen LogP contribution in [-0.2, 0) is 16.1 Å². The maximum Gasteiger partial charge on any atom is 0.309 e. The third-order valence-corrected chi connectivity index (χ3v) is 3.23. The van der Waals surface area contributed by atoms with Crippen molar-refractivity contribution in [3.8, 4) is 0 Å². The van der Waals surface area contributed by atoms with Crippen molar-refractivity contribution >= 4 is 11.8 Å². The van der Waals surface area contributed by atoms with Crippen LogP contribution >= 0.6 is 0 Å². The number of furan rings is 1. The zero-order valence-electron chi connectivity index (χ0n) is 13.6. The van der Waals surface area contributed by atoms with Gasteiger partial charge in [-0.15, -0.1) is 0 Å². The number of nitrogens with zero attached hydrogens (tertiary/aromatic N) is 1. The molecule has 22 heavy (non-hydrogen) atoms. The van der Waals surface area contributed by atoms with E-state index in [4.69, 9.17) is 4.42 Å². The van der Waals surface area contributed by atoms with Gasteiger partial charge in [0.1, 0.15) is 5.76 Å². The lowest BCUT2D eigenvalue weighted by atomic mass is 10.3. The summed E-state index contributed by atoms with van der Waals surface area (Å²) in [6.07, 6.45) is 4.63. The first-order chi connectivity index (χ1) is 10.7. The Morgan fingerprint density at radius 1 is 1.09 bits per heavy atom. The van der Waals surface area contributed by atoms with Crippen LogP contribution in [0, 0.1) is 0 Å². The molecule has 0 saturated heterocycles. The Morgan fingerprint density at radius 3 is 2.36 bits per heavy atom. The van der Waals surface area contributed by atoms with Gasteiger partial charge in [-0.1, -0.05) is 13.8 Å². The summed E-state index contributed by atoms with van der Waals surface area (Å²) in [7, 11) is 0. The molecule has 0 fully saturated rings. The van der Waals surface area contributed by atoms with Crippen molar-refractivity contribution in [2.45, 2.75) is 39.7 Å². The van der Waals surface area contributed by atoms with E-state index in [1.807, 2.05) is 0 Å². The van der Waals surface area contributed by atoms with Crippen molar-refractivity contribution in [3.05, 3.63) is 24.2 Å². The molecule has 2 N–H and O–H groups in total. The van der Waals surface area contributed by atoms with Crippen molar-refractivity contribution in [1.29, 1.82) is 0 Å². The van der Waals surface area contributed by atoms with Crippen LogP contribution in [0.3, 0.4) is 0 Å². The summed E-state index contributed by atoms with van der Waals surface area (Å²) < 4.78 is 5.08. The van der Waals surface area contributed by atoms with Crippen LogP contribution in [-0.4, -0.2) is 42.9 Å². The monoisotopic (exact) mass is 309 g/mol. The Labute approximate surface area is 132 Å². The van der Waals surface area contributed by atoms with Gasteiger partial charge in [0.25, 0.3) is 0 Å². The van der Waals surface area contributed by atoms with Crippen LogP contribution in [0.4, 0.5) is 0 Å². The lowest BCUT2D eigenvalue weighted by molar-refractivity contribution is -0.139. The first kappa shape index (κ1) is 18.2. The average Bonchev–Trinajstić information content (AvgIpc) is 3.02. The van der Waals surface area contributed by atoms with Gasteiger partial charge in [0, 0.05) is 6.54 Å². The fourth-order valence-electron chi connectivity index (χ4n) is 2.21. The Morgan fingerprint density at radius 2 is 1.77 bits per heavy atom. The Bertz CT molecular complexity index is 426. The van der Waals surface area contributed by atoms with E-state index in [-0.39, 0.29) is 6.54 Å². The largest absolute Gasteiger partial charge is 0.467 e. The summed E-state index contributed by atoms with van der Waals surface area (Å²) in [6, 6.07) is 3.48. The quantitative estimate of drug-likeness (QED) is 0.508. The number of nitrogens with one attached hydrogen (secondary N) is 2. The second kappa shape index (κ2) is 10.8. The standard InChI is InChI=1S/C16H27N3O3/c1-3-9-19(10-4-2)11-6-8-17-15(20)16(21)18-13-14-7-5-12-22-14/h5,7,12H,3-4,6,8-11,13H2,1-2H3,(H,17,20)(H,18,21). The van der Waals surface area contributed by atoms with E-state index in [0.29, 0.717) is 12.3 Å². The predicted molar refractivity (Wildman–Crippen MR) is 85.2 cm³/mol. The van der Waals surface area contributed by atoms with Crippen molar-refractivity contribution < 1.29 is 14.0 Å². The van der Waals surface area contributed by atoms with E-state index in [1.54, 1.807) is 12.1 Å². The fraction of sp³-hybridized carbons (Fsp3) is 0.625. The Kier molecular flexibility index (Phi) is 8.98. The molecule has 0 atom stereocenters. The van der Waals surface area contributed by atoms with Gasteiger partial charge in [0.15, 0.2) is 0 Å². The normalized spacial score (nSPS) is 10.7. The lowest BCUT2D eigenvalue weighted by Gasteiger charge is -2.20. The zero-order chi connectivity index (χ0) is 16.2. The molecule has 124 valence electrons. The zero-order valence-corrected chi connectivity index (χ0v) is 13.6. The molecule has 0 aliphatic rings. The number of hydrogen-bond acceptors (Lipinski definition) is 4. The molecule has 1 aromatic heterocycles. The number of hydrogen-bond donors (Lipinski definition) is 2. The highest BCUT2D eigenvalue weighted by Crippen LogP contribution is 1.98. The van der Waals surface area contributed by atoms with Crippen LogP contribution in [0.1, 0.15) is 38.9 Å². The SMILES string of the molecule is CCCN(CCC)CCCNC(=O)C(=O)NCc1ccco1. The minimum Gasteiger partial charge on any atom is -0.467 e. The summed E-state index contributed by atoms with van der Waals surface area (Å²) in [5, 5.41) is 5.16. The number of rotatable bonds is 10. The van der Waals surface area contributed by atoms with E-state index in [1.165, 1.54) is 6.26 Å². The molecule has 1 heterocycles. The molecule has 0 bridgehead atoms. The molecule has 0 unspecified atom stereocenters. The maximum atomic E-state index is 11.6. The minimum absolute atomic E-state index is 0.222. The molecule has 6 heteroatoms. The summed E-state index contributed by atoms with van der Waals surface area (Å²) in [6.45, 7) is 8.14. The van der Waals surface area contributed by atoms with Gasteiger partial charge >= 0.3 is 11.8 Å².